The molecule has 0 aliphatic heterocycles. The van der Waals surface area contributed by atoms with Crippen molar-refractivity contribution in [3.63, 3.8) is 0 Å². The van der Waals surface area contributed by atoms with E-state index in [0.717, 1.165) is 18.6 Å². The van der Waals surface area contributed by atoms with Crippen LogP contribution in [0.1, 0.15) is 38.8 Å². The Morgan fingerprint density at radius 3 is 2.48 bits per heavy atom. The molecule has 0 bridgehead atoms. The first-order valence-electron chi connectivity index (χ1n) is 7.35. The van der Waals surface area contributed by atoms with Gasteiger partial charge in [0.25, 0.3) is 0 Å². The predicted molar refractivity (Wildman–Crippen MR) is 79.8 cm³/mol. The molecule has 0 radical (unpaired) electrons. The van der Waals surface area contributed by atoms with Gasteiger partial charge in [-0.2, -0.15) is 8.78 Å². The van der Waals surface area contributed by atoms with E-state index in [-0.39, 0.29) is 11.8 Å². The van der Waals surface area contributed by atoms with E-state index in [9.17, 15) is 8.78 Å². The van der Waals surface area contributed by atoms with E-state index in [1.54, 1.807) is 18.2 Å². The fourth-order valence-electron chi connectivity index (χ4n) is 1.92. The second kappa shape index (κ2) is 9.68. The number of halogens is 2. The number of para-hydroxylation sites is 1. The van der Waals surface area contributed by atoms with E-state index in [1.807, 2.05) is 13.0 Å². The third kappa shape index (κ3) is 7.39. The van der Waals surface area contributed by atoms with Crippen LogP contribution in [0.15, 0.2) is 24.3 Å². The normalized spacial score (nSPS) is 12.9. The molecule has 120 valence electrons. The van der Waals surface area contributed by atoms with Crippen LogP contribution >= 0.6 is 0 Å². The average molecular weight is 301 g/mol. The fraction of sp³-hybridized carbons (Fsp3) is 0.625. The maximum Gasteiger partial charge on any atom is 0.387 e. The van der Waals surface area contributed by atoms with E-state index < -0.39 is 6.61 Å². The Morgan fingerprint density at radius 2 is 1.81 bits per heavy atom. The summed E-state index contributed by atoms with van der Waals surface area (Å²) in [7, 11) is 0. The zero-order valence-electron chi connectivity index (χ0n) is 12.9. The van der Waals surface area contributed by atoms with Crippen molar-refractivity contribution in [1.82, 2.24) is 5.32 Å². The molecule has 1 atom stereocenters. The van der Waals surface area contributed by atoms with Gasteiger partial charge in [-0.25, -0.2) is 0 Å². The molecular weight excluding hydrogens is 276 g/mol. The third-order valence-corrected chi connectivity index (χ3v) is 3.14. The first kappa shape index (κ1) is 17.9. The SMILES string of the molecule is CC(C)CCOCCNC(C)c1ccccc1OC(F)F. The van der Waals surface area contributed by atoms with Crippen molar-refractivity contribution >= 4 is 0 Å². The number of hydrogen-bond donors (Lipinski definition) is 1. The third-order valence-electron chi connectivity index (χ3n) is 3.14. The molecule has 21 heavy (non-hydrogen) atoms. The lowest BCUT2D eigenvalue weighted by molar-refractivity contribution is -0.0506. The van der Waals surface area contributed by atoms with Gasteiger partial charge in [-0.3, -0.25) is 0 Å². The molecule has 3 nitrogen and oxygen atoms in total. The van der Waals surface area contributed by atoms with Crippen LogP contribution in [0, 0.1) is 5.92 Å². The second-order valence-electron chi connectivity index (χ2n) is 5.39. The molecular formula is C16H25F2NO2. The average Bonchev–Trinajstić information content (AvgIpc) is 2.42. The Labute approximate surface area is 125 Å². The van der Waals surface area contributed by atoms with Gasteiger partial charge >= 0.3 is 6.61 Å². The van der Waals surface area contributed by atoms with E-state index in [0.29, 0.717) is 19.1 Å². The Bertz CT molecular complexity index is 400. The van der Waals surface area contributed by atoms with E-state index in [2.05, 4.69) is 23.9 Å². The monoisotopic (exact) mass is 301 g/mol. The zero-order chi connectivity index (χ0) is 15.7. The minimum Gasteiger partial charge on any atom is -0.434 e. The zero-order valence-corrected chi connectivity index (χ0v) is 12.9. The molecule has 0 fully saturated rings. The van der Waals surface area contributed by atoms with Crippen LogP contribution in [0.4, 0.5) is 8.78 Å². The number of alkyl halides is 2. The fourth-order valence-corrected chi connectivity index (χ4v) is 1.92. The van der Waals surface area contributed by atoms with Crippen molar-refractivity contribution < 1.29 is 18.3 Å². The molecule has 5 heteroatoms. The maximum atomic E-state index is 12.4. The molecule has 0 heterocycles. The highest BCUT2D eigenvalue weighted by Crippen LogP contribution is 2.26. The summed E-state index contributed by atoms with van der Waals surface area (Å²) < 4.78 is 34.8. The van der Waals surface area contributed by atoms with Gasteiger partial charge < -0.3 is 14.8 Å². The van der Waals surface area contributed by atoms with E-state index in [4.69, 9.17) is 4.74 Å². The van der Waals surface area contributed by atoms with Crippen LogP contribution in [-0.2, 0) is 4.74 Å². The lowest BCUT2D eigenvalue weighted by Gasteiger charge is -2.18. The van der Waals surface area contributed by atoms with Crippen molar-refractivity contribution in [3.8, 4) is 5.75 Å². The molecule has 1 rings (SSSR count). The summed E-state index contributed by atoms with van der Waals surface area (Å²) in [6.45, 7) is 5.45. The van der Waals surface area contributed by atoms with Gasteiger partial charge in [0.1, 0.15) is 5.75 Å². The molecule has 0 aliphatic carbocycles. The van der Waals surface area contributed by atoms with Crippen LogP contribution in [0.25, 0.3) is 0 Å². The standard InChI is InChI=1S/C16H25F2NO2/c1-12(2)8-10-20-11-9-19-13(3)14-6-4-5-7-15(14)21-16(17)18/h4-7,12-13,16,19H,8-11H2,1-3H3. The Morgan fingerprint density at radius 1 is 1.10 bits per heavy atom. The lowest BCUT2D eigenvalue weighted by atomic mass is 10.1. The Balaban J connectivity index is 2.36. The van der Waals surface area contributed by atoms with Crippen LogP contribution in [-0.4, -0.2) is 26.4 Å². The Hall–Kier alpha value is -1.20. The highest BCUT2D eigenvalue weighted by molar-refractivity contribution is 5.35. The topological polar surface area (TPSA) is 30.5 Å². The van der Waals surface area contributed by atoms with Crippen molar-refractivity contribution in [2.45, 2.75) is 39.8 Å². The van der Waals surface area contributed by atoms with Crippen LogP contribution in [0.2, 0.25) is 0 Å². The lowest BCUT2D eigenvalue weighted by Crippen LogP contribution is -2.24. The summed E-state index contributed by atoms with van der Waals surface area (Å²) in [5.41, 5.74) is 0.722. The number of hydrogen-bond acceptors (Lipinski definition) is 3. The minimum absolute atomic E-state index is 0.0753. The van der Waals surface area contributed by atoms with Crippen molar-refractivity contribution in [3.05, 3.63) is 29.8 Å². The van der Waals surface area contributed by atoms with Gasteiger partial charge in [0.15, 0.2) is 0 Å². The van der Waals surface area contributed by atoms with Gasteiger partial charge in [-0.15, -0.1) is 0 Å². The van der Waals surface area contributed by atoms with E-state index >= 15 is 0 Å². The minimum atomic E-state index is -2.81. The Kier molecular flexibility index (Phi) is 8.23. The molecule has 0 saturated carbocycles. The maximum absolute atomic E-state index is 12.4. The smallest absolute Gasteiger partial charge is 0.387 e. The van der Waals surface area contributed by atoms with Crippen molar-refractivity contribution in [2.24, 2.45) is 5.92 Å². The molecule has 0 aliphatic rings. The quantitative estimate of drug-likeness (QED) is 0.663. The first-order chi connectivity index (χ1) is 10.0. The molecule has 1 aromatic carbocycles. The van der Waals surface area contributed by atoms with Gasteiger partial charge in [-0.05, 0) is 25.3 Å². The summed E-state index contributed by atoms with van der Waals surface area (Å²) in [6, 6.07) is 6.76. The highest BCUT2D eigenvalue weighted by Gasteiger charge is 2.13. The summed E-state index contributed by atoms with van der Waals surface area (Å²) in [5, 5.41) is 3.25. The van der Waals surface area contributed by atoms with Crippen molar-refractivity contribution in [1.29, 1.82) is 0 Å². The largest absolute Gasteiger partial charge is 0.434 e. The number of nitrogens with one attached hydrogen (secondary N) is 1. The molecule has 0 amide bonds. The van der Waals surface area contributed by atoms with Gasteiger partial charge in [0.2, 0.25) is 0 Å². The molecule has 1 unspecified atom stereocenters. The predicted octanol–water partition coefficient (Wildman–Crippen LogP) is 4.00. The molecule has 1 N–H and O–H groups in total. The second-order valence-corrected chi connectivity index (χ2v) is 5.39. The first-order valence-corrected chi connectivity index (χ1v) is 7.35. The number of benzene rings is 1. The molecule has 0 saturated heterocycles. The van der Waals surface area contributed by atoms with E-state index in [1.165, 1.54) is 0 Å². The molecule has 1 aromatic rings. The van der Waals surface area contributed by atoms with Crippen LogP contribution in [0.5, 0.6) is 5.75 Å². The summed E-state index contributed by atoms with van der Waals surface area (Å²) in [5.74, 6) is 0.850. The van der Waals surface area contributed by atoms with Gasteiger partial charge in [-0.1, -0.05) is 32.0 Å². The van der Waals surface area contributed by atoms with Gasteiger partial charge in [0, 0.05) is 24.8 Å². The van der Waals surface area contributed by atoms with Crippen LogP contribution in [0.3, 0.4) is 0 Å². The number of rotatable bonds is 10. The molecule has 0 spiro atoms. The van der Waals surface area contributed by atoms with Crippen LogP contribution < -0.4 is 10.1 Å². The van der Waals surface area contributed by atoms with Gasteiger partial charge in [0.05, 0.1) is 6.61 Å². The summed E-state index contributed by atoms with van der Waals surface area (Å²) >= 11 is 0. The highest BCUT2D eigenvalue weighted by atomic mass is 19.3. The summed E-state index contributed by atoms with van der Waals surface area (Å²) in [4.78, 5) is 0. The summed E-state index contributed by atoms with van der Waals surface area (Å²) in [6.07, 6.45) is 1.04. The number of ether oxygens (including phenoxy) is 2. The van der Waals surface area contributed by atoms with Crippen molar-refractivity contribution in [2.75, 3.05) is 19.8 Å². The molecule has 0 aromatic heterocycles.